The van der Waals surface area contributed by atoms with Crippen molar-refractivity contribution in [1.82, 2.24) is 19.7 Å². The van der Waals surface area contributed by atoms with Gasteiger partial charge in [0.15, 0.2) is 0 Å². The summed E-state index contributed by atoms with van der Waals surface area (Å²) in [7, 11) is 1.31. The molecule has 0 bridgehead atoms. The smallest absolute Gasteiger partial charge is 0.377 e. The van der Waals surface area contributed by atoms with E-state index in [1.807, 2.05) is 6.92 Å². The number of carbonyl (C=O) groups is 1. The second-order valence-corrected chi connectivity index (χ2v) is 3.84. The third-order valence-corrected chi connectivity index (χ3v) is 2.19. The third-order valence-electron chi connectivity index (χ3n) is 2.19. The summed E-state index contributed by atoms with van der Waals surface area (Å²) in [4.78, 5) is 17.2. The molecule has 0 atom stereocenters. The van der Waals surface area contributed by atoms with E-state index in [2.05, 4.69) is 33.2 Å². The highest BCUT2D eigenvalue weighted by Gasteiger charge is 2.12. The van der Waals surface area contributed by atoms with Crippen LogP contribution in [0.5, 0.6) is 0 Å². The van der Waals surface area contributed by atoms with Crippen molar-refractivity contribution in [2.45, 2.75) is 20.5 Å². The Morgan fingerprint density at radius 2 is 2.35 bits per heavy atom. The lowest BCUT2D eigenvalue weighted by molar-refractivity contribution is 0.0585. The zero-order valence-electron chi connectivity index (χ0n) is 10.5. The Hall–Kier alpha value is -1.69. The third kappa shape index (κ3) is 3.99. The first-order valence-corrected chi connectivity index (χ1v) is 5.41. The van der Waals surface area contributed by atoms with Gasteiger partial charge >= 0.3 is 5.97 Å². The molecule has 1 rings (SSSR count). The molecule has 0 amide bonds. The lowest BCUT2D eigenvalue weighted by atomic mass is 10.3. The topological polar surface area (TPSA) is 60.2 Å². The molecule has 0 saturated carbocycles. The highest BCUT2D eigenvalue weighted by molar-refractivity contribution is 5.84. The number of carbonyl (C=O) groups excluding carboxylic acids is 1. The molecule has 6 heteroatoms. The van der Waals surface area contributed by atoms with Crippen LogP contribution in [0, 0.1) is 0 Å². The van der Waals surface area contributed by atoms with Gasteiger partial charge in [-0.1, -0.05) is 19.1 Å². The van der Waals surface area contributed by atoms with E-state index in [0.717, 1.165) is 18.7 Å². The van der Waals surface area contributed by atoms with Gasteiger partial charge < -0.3 is 4.74 Å². The largest absolute Gasteiger partial charge is 0.463 e. The van der Waals surface area contributed by atoms with Crippen molar-refractivity contribution in [3.05, 3.63) is 24.3 Å². The summed E-state index contributed by atoms with van der Waals surface area (Å²) in [5.41, 5.74) is 1.08. The summed E-state index contributed by atoms with van der Waals surface area (Å²) >= 11 is 0. The Morgan fingerprint density at radius 3 is 2.88 bits per heavy atom. The fourth-order valence-electron chi connectivity index (χ4n) is 1.40. The summed E-state index contributed by atoms with van der Waals surface area (Å²) in [6, 6.07) is 0. The first kappa shape index (κ1) is 13.4. The van der Waals surface area contributed by atoms with Gasteiger partial charge in [0.05, 0.1) is 13.8 Å². The number of rotatable bonds is 6. The molecule has 0 unspecified atom stereocenters. The lowest BCUT2D eigenvalue weighted by Gasteiger charge is -2.19. The minimum atomic E-state index is -0.522. The number of methoxy groups -OCH3 is 1. The maximum atomic E-state index is 11.2. The van der Waals surface area contributed by atoms with E-state index < -0.39 is 5.97 Å². The fourth-order valence-corrected chi connectivity index (χ4v) is 1.40. The van der Waals surface area contributed by atoms with Crippen molar-refractivity contribution in [3.8, 4) is 0 Å². The highest BCUT2D eigenvalue weighted by Crippen LogP contribution is 1.99. The van der Waals surface area contributed by atoms with Gasteiger partial charge in [0.2, 0.25) is 0 Å². The molecule has 1 heterocycles. The predicted molar refractivity (Wildman–Crippen MR) is 63.4 cm³/mol. The molecule has 0 N–H and O–H groups in total. The van der Waals surface area contributed by atoms with E-state index >= 15 is 0 Å². The molecular formula is C11H18N4O2. The van der Waals surface area contributed by atoms with Crippen LogP contribution in [-0.4, -0.2) is 45.8 Å². The number of likely N-dealkylation sites (N-methyl/N-ethyl adjacent to an activating group) is 1. The van der Waals surface area contributed by atoms with E-state index in [1.54, 1.807) is 4.68 Å². The first-order chi connectivity index (χ1) is 8.06. The molecule has 1 aromatic rings. The van der Waals surface area contributed by atoms with Crippen LogP contribution in [0.25, 0.3) is 0 Å². The molecule has 0 radical (unpaired) electrons. The first-order valence-electron chi connectivity index (χ1n) is 5.41. The van der Waals surface area contributed by atoms with Gasteiger partial charge in [-0.2, -0.15) is 0 Å². The van der Waals surface area contributed by atoms with E-state index in [0.29, 0.717) is 6.67 Å². The highest BCUT2D eigenvalue weighted by atomic mass is 16.5. The van der Waals surface area contributed by atoms with Crippen LogP contribution < -0.4 is 0 Å². The number of aromatic nitrogens is 3. The molecule has 0 aliphatic heterocycles. The molecule has 0 aliphatic carbocycles. The second kappa shape index (κ2) is 6.15. The van der Waals surface area contributed by atoms with Crippen molar-refractivity contribution < 1.29 is 9.53 Å². The summed E-state index contributed by atoms with van der Waals surface area (Å²) in [5.74, 6) is -0.439. The minimum Gasteiger partial charge on any atom is -0.463 e. The van der Waals surface area contributed by atoms with Crippen molar-refractivity contribution in [1.29, 1.82) is 0 Å². The van der Waals surface area contributed by atoms with Crippen LogP contribution >= 0.6 is 0 Å². The van der Waals surface area contributed by atoms with Gasteiger partial charge in [0.1, 0.15) is 6.33 Å². The Morgan fingerprint density at radius 1 is 1.65 bits per heavy atom. The molecule has 17 heavy (non-hydrogen) atoms. The standard InChI is InChI=1S/C11H18N4O2/c1-5-14(6-9(2)3)8-15-7-12-10(13-15)11(16)17-4/h7H,2,5-6,8H2,1,3-4H3. The second-order valence-electron chi connectivity index (χ2n) is 3.84. The van der Waals surface area contributed by atoms with Crippen LogP contribution in [0.15, 0.2) is 18.5 Å². The van der Waals surface area contributed by atoms with Crippen molar-refractivity contribution in [2.24, 2.45) is 0 Å². The van der Waals surface area contributed by atoms with Gasteiger partial charge in [0, 0.05) is 6.54 Å². The Labute approximate surface area is 101 Å². The van der Waals surface area contributed by atoms with E-state index in [9.17, 15) is 4.79 Å². The maximum Gasteiger partial charge on any atom is 0.377 e. The SMILES string of the molecule is C=C(C)CN(CC)Cn1cnc(C(=O)OC)n1. The Bertz CT molecular complexity index is 400. The van der Waals surface area contributed by atoms with Crippen molar-refractivity contribution in [2.75, 3.05) is 20.2 Å². The number of ether oxygens (including phenoxy) is 1. The number of hydrogen-bond acceptors (Lipinski definition) is 5. The predicted octanol–water partition coefficient (Wildman–Crippen LogP) is 0.920. The monoisotopic (exact) mass is 238 g/mol. The zero-order chi connectivity index (χ0) is 12.8. The average molecular weight is 238 g/mol. The zero-order valence-corrected chi connectivity index (χ0v) is 10.5. The molecular weight excluding hydrogens is 220 g/mol. The van der Waals surface area contributed by atoms with Gasteiger partial charge in [-0.05, 0) is 13.5 Å². The van der Waals surface area contributed by atoms with Crippen molar-refractivity contribution in [3.63, 3.8) is 0 Å². The van der Waals surface area contributed by atoms with Crippen LogP contribution in [0.2, 0.25) is 0 Å². The van der Waals surface area contributed by atoms with Gasteiger partial charge in [-0.25, -0.2) is 14.5 Å². The van der Waals surface area contributed by atoms with Crippen LogP contribution in [0.4, 0.5) is 0 Å². The van der Waals surface area contributed by atoms with Gasteiger partial charge in [-0.15, -0.1) is 5.10 Å². The molecule has 6 nitrogen and oxygen atoms in total. The Balaban J connectivity index is 2.64. The molecule has 0 fully saturated rings. The molecule has 0 aliphatic rings. The summed E-state index contributed by atoms with van der Waals surface area (Å²) < 4.78 is 6.15. The lowest BCUT2D eigenvalue weighted by Crippen LogP contribution is -2.28. The molecule has 0 aromatic carbocycles. The molecule has 0 spiro atoms. The van der Waals surface area contributed by atoms with E-state index in [1.165, 1.54) is 13.4 Å². The number of esters is 1. The Kier molecular flexibility index (Phi) is 4.84. The maximum absolute atomic E-state index is 11.2. The summed E-state index contributed by atoms with van der Waals surface area (Å²) in [6.45, 7) is 10.2. The quantitative estimate of drug-likeness (QED) is 0.545. The summed E-state index contributed by atoms with van der Waals surface area (Å²) in [5, 5.41) is 4.04. The van der Waals surface area contributed by atoms with Gasteiger partial charge in [-0.3, -0.25) is 4.90 Å². The van der Waals surface area contributed by atoms with E-state index in [4.69, 9.17) is 0 Å². The van der Waals surface area contributed by atoms with Crippen LogP contribution in [-0.2, 0) is 11.4 Å². The minimum absolute atomic E-state index is 0.0823. The molecule has 94 valence electrons. The van der Waals surface area contributed by atoms with Crippen LogP contribution in [0.1, 0.15) is 24.5 Å². The fraction of sp³-hybridized carbons (Fsp3) is 0.545. The van der Waals surface area contributed by atoms with Crippen LogP contribution in [0.3, 0.4) is 0 Å². The number of nitrogens with zero attached hydrogens (tertiary/aromatic N) is 4. The molecule has 0 saturated heterocycles. The van der Waals surface area contributed by atoms with Gasteiger partial charge in [0.25, 0.3) is 5.82 Å². The number of hydrogen-bond donors (Lipinski definition) is 0. The summed E-state index contributed by atoms with van der Waals surface area (Å²) in [6.07, 6.45) is 1.52. The molecule has 1 aromatic heterocycles. The van der Waals surface area contributed by atoms with Crippen molar-refractivity contribution >= 4 is 5.97 Å². The average Bonchev–Trinajstić information content (AvgIpc) is 2.75. The van der Waals surface area contributed by atoms with E-state index in [-0.39, 0.29) is 5.82 Å². The normalized spacial score (nSPS) is 10.6.